The molecule has 3 aromatic carbocycles. The molecule has 2 amide bonds. The maximum absolute atomic E-state index is 13.4. The molecule has 0 spiro atoms. The first-order valence-corrected chi connectivity index (χ1v) is 13.1. The third-order valence-electron chi connectivity index (χ3n) is 6.45. The predicted molar refractivity (Wildman–Crippen MR) is 148 cm³/mol. The van der Waals surface area contributed by atoms with Crippen LogP contribution in [0.25, 0.3) is 0 Å². The van der Waals surface area contributed by atoms with Crippen molar-refractivity contribution in [2.75, 3.05) is 10.6 Å². The van der Waals surface area contributed by atoms with E-state index in [2.05, 4.69) is 10.6 Å². The van der Waals surface area contributed by atoms with Crippen molar-refractivity contribution in [3.05, 3.63) is 102 Å². The number of carboxylic acids is 1. The van der Waals surface area contributed by atoms with Gasteiger partial charge in [0.25, 0.3) is 0 Å². The van der Waals surface area contributed by atoms with Gasteiger partial charge in [0.1, 0.15) is 5.25 Å². The zero-order chi connectivity index (χ0) is 26.4. The number of anilines is 2. The second-order valence-corrected chi connectivity index (χ2v) is 10.4. The van der Waals surface area contributed by atoms with Gasteiger partial charge in [-0.2, -0.15) is 0 Å². The van der Waals surface area contributed by atoms with Crippen LogP contribution in [0.3, 0.4) is 0 Å². The van der Waals surface area contributed by atoms with Gasteiger partial charge in [0.2, 0.25) is 11.8 Å². The molecule has 3 atom stereocenters. The van der Waals surface area contributed by atoms with Gasteiger partial charge in [-0.3, -0.25) is 14.4 Å². The summed E-state index contributed by atoms with van der Waals surface area (Å²) in [6.07, 6.45) is 4.43. The Balaban J connectivity index is 1.48. The molecule has 1 aliphatic rings. The minimum atomic E-state index is -0.956. The van der Waals surface area contributed by atoms with E-state index in [0.717, 1.165) is 27.3 Å². The van der Waals surface area contributed by atoms with Gasteiger partial charge in [0, 0.05) is 16.3 Å². The Bertz CT molecular complexity index is 1300. The molecular weight excluding hydrogens is 484 g/mol. The number of aliphatic carboxylic acids is 1. The lowest BCUT2D eigenvalue weighted by Gasteiger charge is -2.24. The van der Waals surface area contributed by atoms with Gasteiger partial charge in [-0.25, -0.2) is 0 Å². The van der Waals surface area contributed by atoms with E-state index in [1.54, 1.807) is 12.1 Å². The van der Waals surface area contributed by atoms with Crippen molar-refractivity contribution in [3.8, 4) is 0 Å². The summed E-state index contributed by atoms with van der Waals surface area (Å²) in [6, 6.07) is 22.9. The topological polar surface area (TPSA) is 95.5 Å². The summed E-state index contributed by atoms with van der Waals surface area (Å²) in [7, 11) is 0. The number of benzene rings is 3. The van der Waals surface area contributed by atoms with Crippen LogP contribution >= 0.6 is 11.8 Å². The average molecular weight is 515 g/mol. The molecule has 190 valence electrons. The lowest BCUT2D eigenvalue weighted by atomic mass is 9.82. The molecule has 0 aliphatic heterocycles. The molecule has 7 heteroatoms. The molecule has 6 nitrogen and oxygen atoms in total. The van der Waals surface area contributed by atoms with Crippen molar-refractivity contribution < 1.29 is 19.5 Å². The summed E-state index contributed by atoms with van der Waals surface area (Å²) >= 11 is 1.43. The van der Waals surface area contributed by atoms with Crippen LogP contribution in [-0.2, 0) is 14.4 Å². The molecule has 0 saturated carbocycles. The SMILES string of the molecule is Cc1ccc(C)c(NC(=O)C(Sc2ccc(NC(=O)C3CC=CCC3C(=O)O)cc2)c2ccccc2)c1. The third kappa shape index (κ3) is 6.68. The molecule has 3 aromatic rings. The quantitative estimate of drug-likeness (QED) is 0.239. The van der Waals surface area contributed by atoms with Crippen LogP contribution < -0.4 is 10.6 Å². The number of hydrogen-bond acceptors (Lipinski definition) is 4. The number of aryl methyl sites for hydroxylation is 2. The Morgan fingerprint density at radius 3 is 2.22 bits per heavy atom. The van der Waals surface area contributed by atoms with E-state index >= 15 is 0 Å². The molecule has 0 saturated heterocycles. The van der Waals surface area contributed by atoms with Crippen molar-refractivity contribution in [2.45, 2.75) is 36.8 Å². The summed E-state index contributed by atoms with van der Waals surface area (Å²) in [5.41, 5.74) is 4.33. The largest absolute Gasteiger partial charge is 0.481 e. The molecule has 0 aromatic heterocycles. The fraction of sp³-hybridized carbons (Fsp3) is 0.233. The van der Waals surface area contributed by atoms with Gasteiger partial charge < -0.3 is 15.7 Å². The number of carbonyl (C=O) groups excluding carboxylic acids is 2. The maximum Gasteiger partial charge on any atom is 0.307 e. The summed E-state index contributed by atoms with van der Waals surface area (Å²) in [6.45, 7) is 3.96. The highest BCUT2D eigenvalue weighted by Gasteiger charge is 2.34. The summed E-state index contributed by atoms with van der Waals surface area (Å²) in [5, 5.41) is 14.9. The van der Waals surface area contributed by atoms with E-state index < -0.39 is 23.1 Å². The molecule has 0 fully saturated rings. The van der Waals surface area contributed by atoms with Gasteiger partial charge >= 0.3 is 5.97 Å². The number of carboxylic acid groups (broad SMARTS) is 1. The van der Waals surface area contributed by atoms with Gasteiger partial charge in [-0.15, -0.1) is 11.8 Å². The average Bonchev–Trinajstić information content (AvgIpc) is 2.90. The van der Waals surface area contributed by atoms with Crippen LogP contribution in [0.4, 0.5) is 11.4 Å². The van der Waals surface area contributed by atoms with Crippen molar-refractivity contribution in [2.24, 2.45) is 11.8 Å². The number of rotatable bonds is 8. The van der Waals surface area contributed by atoms with Crippen LogP contribution in [0.15, 0.2) is 89.8 Å². The zero-order valence-electron chi connectivity index (χ0n) is 20.8. The molecule has 4 rings (SSSR count). The Hall–Kier alpha value is -3.84. The molecule has 3 N–H and O–H groups in total. The first-order valence-electron chi connectivity index (χ1n) is 12.2. The van der Waals surface area contributed by atoms with Crippen LogP contribution in [0.5, 0.6) is 0 Å². The predicted octanol–water partition coefficient (Wildman–Crippen LogP) is 6.38. The van der Waals surface area contributed by atoms with Crippen LogP contribution in [-0.4, -0.2) is 22.9 Å². The Morgan fingerprint density at radius 1 is 0.865 bits per heavy atom. The summed E-state index contributed by atoms with van der Waals surface area (Å²) in [5.74, 6) is -2.70. The van der Waals surface area contributed by atoms with Gasteiger partial charge in [0.05, 0.1) is 11.8 Å². The van der Waals surface area contributed by atoms with E-state index in [-0.39, 0.29) is 11.8 Å². The second kappa shape index (κ2) is 11.9. The first-order chi connectivity index (χ1) is 17.8. The fourth-order valence-electron chi connectivity index (χ4n) is 4.33. The lowest BCUT2D eigenvalue weighted by molar-refractivity contribution is -0.146. The second-order valence-electron chi connectivity index (χ2n) is 9.22. The minimum Gasteiger partial charge on any atom is -0.481 e. The van der Waals surface area contributed by atoms with Crippen molar-refractivity contribution in [1.82, 2.24) is 0 Å². The highest BCUT2D eigenvalue weighted by atomic mass is 32.2. The van der Waals surface area contributed by atoms with E-state index in [4.69, 9.17) is 0 Å². The van der Waals surface area contributed by atoms with Crippen molar-refractivity contribution in [1.29, 1.82) is 0 Å². The highest BCUT2D eigenvalue weighted by Crippen LogP contribution is 2.37. The Morgan fingerprint density at radius 2 is 1.54 bits per heavy atom. The van der Waals surface area contributed by atoms with E-state index in [1.165, 1.54) is 11.8 Å². The molecule has 37 heavy (non-hydrogen) atoms. The number of hydrogen-bond donors (Lipinski definition) is 3. The van der Waals surface area contributed by atoms with Crippen LogP contribution in [0, 0.1) is 25.7 Å². The van der Waals surface area contributed by atoms with E-state index in [1.807, 2.05) is 86.7 Å². The lowest BCUT2D eigenvalue weighted by Crippen LogP contribution is -2.34. The molecular formula is C30H30N2O4S. The van der Waals surface area contributed by atoms with E-state index in [9.17, 15) is 19.5 Å². The maximum atomic E-state index is 13.4. The molecule has 0 radical (unpaired) electrons. The third-order valence-corrected chi connectivity index (χ3v) is 7.72. The molecule has 1 aliphatic carbocycles. The first kappa shape index (κ1) is 26.2. The highest BCUT2D eigenvalue weighted by molar-refractivity contribution is 8.00. The van der Waals surface area contributed by atoms with Crippen LogP contribution in [0.2, 0.25) is 0 Å². The van der Waals surface area contributed by atoms with Crippen LogP contribution in [0.1, 0.15) is 34.8 Å². The van der Waals surface area contributed by atoms with Crippen molar-refractivity contribution in [3.63, 3.8) is 0 Å². The summed E-state index contributed by atoms with van der Waals surface area (Å²) < 4.78 is 0. The van der Waals surface area contributed by atoms with Gasteiger partial charge in [0.15, 0.2) is 0 Å². The smallest absolute Gasteiger partial charge is 0.307 e. The zero-order valence-corrected chi connectivity index (χ0v) is 21.6. The standard InChI is InChI=1S/C30H30N2O4S/c1-19-12-13-20(2)26(18-19)32-29(34)27(21-8-4-3-5-9-21)37-23-16-14-22(15-17-23)31-28(33)24-10-6-7-11-25(24)30(35)36/h3-9,12-18,24-25,27H,10-11H2,1-2H3,(H,31,33)(H,32,34)(H,35,36). The van der Waals surface area contributed by atoms with Crippen molar-refractivity contribution >= 4 is 40.9 Å². The number of nitrogens with one attached hydrogen (secondary N) is 2. The Labute approximate surface area is 221 Å². The fourth-order valence-corrected chi connectivity index (χ4v) is 5.36. The number of thioether (sulfide) groups is 1. The number of allylic oxidation sites excluding steroid dienone is 2. The summed E-state index contributed by atoms with van der Waals surface area (Å²) in [4.78, 5) is 38.6. The number of carbonyl (C=O) groups is 3. The minimum absolute atomic E-state index is 0.118. The van der Waals surface area contributed by atoms with E-state index in [0.29, 0.717) is 18.5 Å². The molecule has 3 unspecified atom stereocenters. The molecule has 0 heterocycles. The molecule has 0 bridgehead atoms. The monoisotopic (exact) mass is 514 g/mol. The Kier molecular flexibility index (Phi) is 8.46. The normalized spacial score (nSPS) is 17.6. The van der Waals surface area contributed by atoms with Gasteiger partial charge in [-0.05, 0) is 73.7 Å². The van der Waals surface area contributed by atoms with Gasteiger partial charge in [-0.1, -0.05) is 54.6 Å². The number of amides is 2.